The number of rotatable bonds is 5. The summed E-state index contributed by atoms with van der Waals surface area (Å²) < 4.78 is 10.5. The lowest BCUT2D eigenvalue weighted by Crippen LogP contribution is -2.45. The van der Waals surface area contributed by atoms with E-state index in [1.54, 1.807) is 7.11 Å². The van der Waals surface area contributed by atoms with Crippen LogP contribution in [0.15, 0.2) is 24.3 Å². The van der Waals surface area contributed by atoms with Gasteiger partial charge in [-0.15, -0.1) is 0 Å². The summed E-state index contributed by atoms with van der Waals surface area (Å²) in [5.41, 5.74) is 1.15. The summed E-state index contributed by atoms with van der Waals surface area (Å²) in [6.07, 6.45) is 0.121. The molecular formula is C14H19NO4. The molecule has 0 saturated carbocycles. The Kier molecular flexibility index (Phi) is 4.76. The fraction of sp³-hybridized carbons (Fsp3) is 0.500. The highest BCUT2D eigenvalue weighted by molar-refractivity contribution is 5.67. The van der Waals surface area contributed by atoms with Crippen molar-refractivity contribution in [2.24, 2.45) is 0 Å². The molecule has 0 aromatic heterocycles. The number of benzene rings is 1. The number of aliphatic carboxylic acids is 1. The van der Waals surface area contributed by atoms with Crippen LogP contribution in [0.25, 0.3) is 0 Å². The van der Waals surface area contributed by atoms with Gasteiger partial charge in [0.1, 0.15) is 5.75 Å². The quantitative estimate of drug-likeness (QED) is 0.871. The summed E-state index contributed by atoms with van der Waals surface area (Å²) in [5, 5.41) is 8.92. The van der Waals surface area contributed by atoms with Gasteiger partial charge in [0.25, 0.3) is 0 Å². The van der Waals surface area contributed by atoms with E-state index in [1.807, 2.05) is 24.3 Å². The summed E-state index contributed by atoms with van der Waals surface area (Å²) in [6.45, 7) is 2.66. The first kappa shape index (κ1) is 13.8. The second-order valence-corrected chi connectivity index (χ2v) is 4.65. The molecule has 0 spiro atoms. The van der Waals surface area contributed by atoms with Crippen LogP contribution in [0.5, 0.6) is 5.75 Å². The minimum atomic E-state index is -0.782. The van der Waals surface area contributed by atoms with Crippen molar-refractivity contribution in [3.8, 4) is 5.75 Å². The lowest BCUT2D eigenvalue weighted by molar-refractivity contribution is -0.140. The number of carboxylic acid groups (broad SMARTS) is 1. The van der Waals surface area contributed by atoms with Gasteiger partial charge in [0.2, 0.25) is 0 Å². The number of morpholine rings is 1. The summed E-state index contributed by atoms with van der Waals surface area (Å²) in [7, 11) is 1.64. The van der Waals surface area contributed by atoms with E-state index in [9.17, 15) is 4.79 Å². The molecule has 1 atom stereocenters. The fourth-order valence-electron chi connectivity index (χ4n) is 2.25. The van der Waals surface area contributed by atoms with Gasteiger partial charge in [-0.3, -0.25) is 9.69 Å². The Labute approximate surface area is 112 Å². The average molecular weight is 265 g/mol. The van der Waals surface area contributed by atoms with E-state index >= 15 is 0 Å². The molecule has 5 heteroatoms. The molecule has 0 radical (unpaired) electrons. The molecule has 1 fully saturated rings. The zero-order valence-electron chi connectivity index (χ0n) is 11.0. The number of nitrogens with zero attached hydrogens (tertiary/aromatic N) is 1. The van der Waals surface area contributed by atoms with E-state index in [4.69, 9.17) is 14.6 Å². The summed E-state index contributed by atoms with van der Waals surface area (Å²) in [6, 6.07) is 7.80. The molecule has 104 valence electrons. The van der Waals surface area contributed by atoms with E-state index in [1.165, 1.54) is 0 Å². The normalized spacial score (nSPS) is 20.2. The number of ether oxygens (including phenoxy) is 2. The smallest absolute Gasteiger partial charge is 0.305 e. The van der Waals surface area contributed by atoms with Crippen molar-refractivity contribution in [3.05, 3.63) is 29.8 Å². The van der Waals surface area contributed by atoms with Gasteiger partial charge in [-0.25, -0.2) is 0 Å². The predicted molar refractivity (Wildman–Crippen MR) is 70.3 cm³/mol. The van der Waals surface area contributed by atoms with Crippen LogP contribution in [-0.4, -0.2) is 48.9 Å². The van der Waals surface area contributed by atoms with Gasteiger partial charge in [0.05, 0.1) is 26.7 Å². The van der Waals surface area contributed by atoms with E-state index in [-0.39, 0.29) is 12.5 Å². The summed E-state index contributed by atoms with van der Waals surface area (Å²) in [4.78, 5) is 13.0. The standard InChI is InChI=1S/C14H19NO4/c1-18-13-4-2-11(3-5-13)9-15-6-7-19-10-12(15)8-14(16)17/h2-5,12H,6-10H2,1H3,(H,16,17). The van der Waals surface area contributed by atoms with Crippen LogP contribution < -0.4 is 4.74 Å². The van der Waals surface area contributed by atoms with Crippen LogP contribution in [0.4, 0.5) is 0 Å². The van der Waals surface area contributed by atoms with Crippen molar-refractivity contribution in [1.29, 1.82) is 0 Å². The molecule has 19 heavy (non-hydrogen) atoms. The highest BCUT2D eigenvalue weighted by Crippen LogP contribution is 2.17. The maximum absolute atomic E-state index is 10.9. The summed E-state index contributed by atoms with van der Waals surface area (Å²) >= 11 is 0. The van der Waals surface area contributed by atoms with Crippen LogP contribution in [0.2, 0.25) is 0 Å². The van der Waals surface area contributed by atoms with Crippen LogP contribution in [0, 0.1) is 0 Å². The van der Waals surface area contributed by atoms with E-state index in [0.717, 1.165) is 24.4 Å². The number of methoxy groups -OCH3 is 1. The topological polar surface area (TPSA) is 59.0 Å². The van der Waals surface area contributed by atoms with Crippen molar-refractivity contribution in [2.45, 2.75) is 19.0 Å². The zero-order chi connectivity index (χ0) is 13.7. The first-order chi connectivity index (χ1) is 9.19. The van der Waals surface area contributed by atoms with E-state index < -0.39 is 5.97 Å². The average Bonchev–Trinajstić information content (AvgIpc) is 2.41. The third-order valence-corrected chi connectivity index (χ3v) is 3.30. The minimum Gasteiger partial charge on any atom is -0.497 e. The second kappa shape index (κ2) is 6.54. The van der Waals surface area contributed by atoms with Crippen molar-refractivity contribution in [2.75, 3.05) is 26.9 Å². The second-order valence-electron chi connectivity index (χ2n) is 4.65. The van der Waals surface area contributed by atoms with Gasteiger partial charge in [-0.05, 0) is 17.7 Å². The molecule has 1 aliphatic heterocycles. The molecule has 0 amide bonds. The molecule has 0 aliphatic carbocycles. The molecule has 1 heterocycles. The molecule has 1 unspecified atom stereocenters. The van der Waals surface area contributed by atoms with Crippen molar-refractivity contribution in [3.63, 3.8) is 0 Å². The Bertz CT molecular complexity index is 418. The number of hydrogen-bond donors (Lipinski definition) is 1. The van der Waals surface area contributed by atoms with Crippen LogP contribution in [-0.2, 0) is 16.1 Å². The molecule has 5 nitrogen and oxygen atoms in total. The molecule has 1 aromatic carbocycles. The molecule has 1 aromatic rings. The van der Waals surface area contributed by atoms with Gasteiger partial charge in [0, 0.05) is 19.1 Å². The maximum Gasteiger partial charge on any atom is 0.305 e. The molecule has 1 N–H and O–H groups in total. The minimum absolute atomic E-state index is 0.0478. The van der Waals surface area contributed by atoms with Crippen LogP contribution in [0.3, 0.4) is 0 Å². The summed E-state index contributed by atoms with van der Waals surface area (Å²) in [5.74, 6) is 0.0445. The Hall–Kier alpha value is -1.59. The van der Waals surface area contributed by atoms with Crippen molar-refractivity contribution < 1.29 is 19.4 Å². The third kappa shape index (κ3) is 3.94. The van der Waals surface area contributed by atoms with Gasteiger partial charge in [0.15, 0.2) is 0 Å². The number of hydrogen-bond acceptors (Lipinski definition) is 4. The Morgan fingerprint density at radius 2 is 2.21 bits per heavy atom. The first-order valence-corrected chi connectivity index (χ1v) is 6.35. The Morgan fingerprint density at radius 1 is 1.47 bits per heavy atom. The third-order valence-electron chi connectivity index (χ3n) is 3.30. The van der Waals surface area contributed by atoms with Gasteiger partial charge in [-0.1, -0.05) is 12.1 Å². The SMILES string of the molecule is COc1ccc(CN2CCOCC2CC(=O)O)cc1. The van der Waals surface area contributed by atoms with Crippen LogP contribution in [0.1, 0.15) is 12.0 Å². The van der Waals surface area contributed by atoms with Gasteiger partial charge >= 0.3 is 5.97 Å². The molecule has 0 bridgehead atoms. The van der Waals surface area contributed by atoms with Gasteiger partial charge < -0.3 is 14.6 Å². The van der Waals surface area contributed by atoms with Gasteiger partial charge in [-0.2, -0.15) is 0 Å². The molecule has 1 aliphatic rings. The monoisotopic (exact) mass is 265 g/mol. The molecular weight excluding hydrogens is 246 g/mol. The predicted octanol–water partition coefficient (Wildman–Crippen LogP) is 1.37. The Balaban J connectivity index is 1.99. The molecule has 1 saturated heterocycles. The first-order valence-electron chi connectivity index (χ1n) is 6.35. The highest BCUT2D eigenvalue weighted by Gasteiger charge is 2.25. The zero-order valence-corrected chi connectivity index (χ0v) is 11.0. The van der Waals surface area contributed by atoms with E-state index in [0.29, 0.717) is 13.2 Å². The lowest BCUT2D eigenvalue weighted by atomic mass is 10.1. The van der Waals surface area contributed by atoms with Crippen molar-refractivity contribution >= 4 is 5.97 Å². The van der Waals surface area contributed by atoms with Crippen molar-refractivity contribution in [1.82, 2.24) is 4.90 Å². The number of carbonyl (C=O) groups is 1. The molecule has 2 rings (SSSR count). The van der Waals surface area contributed by atoms with E-state index in [2.05, 4.69) is 4.90 Å². The van der Waals surface area contributed by atoms with Crippen LogP contribution >= 0.6 is 0 Å². The number of carboxylic acids is 1. The maximum atomic E-state index is 10.9. The Morgan fingerprint density at radius 3 is 2.84 bits per heavy atom. The largest absolute Gasteiger partial charge is 0.497 e. The highest BCUT2D eigenvalue weighted by atomic mass is 16.5. The fourth-order valence-corrected chi connectivity index (χ4v) is 2.25. The lowest BCUT2D eigenvalue weighted by Gasteiger charge is -2.34.